The van der Waals surface area contributed by atoms with E-state index in [9.17, 15) is 10.1 Å². The number of aromatic nitrogens is 3. The maximum absolute atomic E-state index is 10.9. The van der Waals surface area contributed by atoms with Gasteiger partial charge in [0.2, 0.25) is 17.8 Å². The van der Waals surface area contributed by atoms with E-state index < -0.39 is 4.92 Å². The van der Waals surface area contributed by atoms with Gasteiger partial charge < -0.3 is 15.4 Å². The molecule has 0 bridgehead atoms. The predicted octanol–water partition coefficient (Wildman–Crippen LogP) is 4.59. The minimum Gasteiger partial charge on any atom is -0.497 e. The summed E-state index contributed by atoms with van der Waals surface area (Å²) >= 11 is 0. The highest BCUT2D eigenvalue weighted by Gasteiger charge is 2.09. The van der Waals surface area contributed by atoms with Crippen LogP contribution in [0.25, 0.3) is 0 Å². The number of anilines is 4. The van der Waals surface area contributed by atoms with Gasteiger partial charge in [0.1, 0.15) is 5.75 Å². The van der Waals surface area contributed by atoms with Crippen LogP contribution in [0, 0.1) is 10.1 Å². The number of hydrogen-bond donors (Lipinski definition) is 3. The standard InChI is InChI=1S/C24H22N8O3/c1-35-21-9-5-8-18(14-21)16-26-31-24-29-22(25-15-17-6-3-2-4-7-17)28-23(30-24)27-19-10-12-20(13-11-19)32(33)34/h2-14,16H,15H2,1H3,(H3,25,27,28,29,30,31)/b26-16+. The van der Waals surface area contributed by atoms with E-state index in [4.69, 9.17) is 4.74 Å². The zero-order valence-corrected chi connectivity index (χ0v) is 18.8. The van der Waals surface area contributed by atoms with E-state index in [1.165, 1.54) is 12.1 Å². The van der Waals surface area contributed by atoms with Gasteiger partial charge in [-0.2, -0.15) is 20.1 Å². The molecule has 4 aromatic rings. The van der Waals surface area contributed by atoms with Gasteiger partial charge >= 0.3 is 0 Å². The molecule has 4 rings (SSSR count). The number of nitro groups is 1. The van der Waals surface area contributed by atoms with Crippen molar-refractivity contribution in [3.8, 4) is 5.75 Å². The molecule has 0 spiro atoms. The van der Waals surface area contributed by atoms with Gasteiger partial charge in [-0.15, -0.1) is 0 Å². The normalized spacial score (nSPS) is 10.7. The average molecular weight is 470 g/mol. The number of methoxy groups -OCH3 is 1. The lowest BCUT2D eigenvalue weighted by Gasteiger charge is -2.10. The Balaban J connectivity index is 1.53. The molecule has 0 aliphatic heterocycles. The highest BCUT2D eigenvalue weighted by atomic mass is 16.6. The second-order valence-electron chi connectivity index (χ2n) is 7.22. The van der Waals surface area contributed by atoms with Crippen molar-refractivity contribution in [2.24, 2.45) is 5.10 Å². The summed E-state index contributed by atoms with van der Waals surface area (Å²) in [5.41, 5.74) is 5.28. The van der Waals surface area contributed by atoms with Gasteiger partial charge in [-0.05, 0) is 35.4 Å². The molecule has 0 aliphatic carbocycles. The summed E-state index contributed by atoms with van der Waals surface area (Å²) in [7, 11) is 1.60. The topological polar surface area (TPSA) is 139 Å². The lowest BCUT2D eigenvalue weighted by molar-refractivity contribution is -0.384. The lowest BCUT2D eigenvalue weighted by atomic mass is 10.2. The maximum atomic E-state index is 10.9. The quantitative estimate of drug-likeness (QED) is 0.172. The second-order valence-corrected chi connectivity index (χ2v) is 7.22. The largest absolute Gasteiger partial charge is 0.497 e. The monoisotopic (exact) mass is 470 g/mol. The summed E-state index contributed by atoms with van der Waals surface area (Å²) in [6.07, 6.45) is 1.62. The van der Waals surface area contributed by atoms with Gasteiger partial charge in [0.15, 0.2) is 0 Å². The number of benzene rings is 3. The van der Waals surface area contributed by atoms with Crippen molar-refractivity contribution >= 4 is 35.4 Å². The Hall–Kier alpha value is -5.06. The van der Waals surface area contributed by atoms with Crippen LogP contribution in [0.5, 0.6) is 5.75 Å². The Morgan fingerprint density at radius 2 is 1.69 bits per heavy atom. The Morgan fingerprint density at radius 3 is 2.43 bits per heavy atom. The zero-order valence-electron chi connectivity index (χ0n) is 18.8. The van der Waals surface area contributed by atoms with Crippen molar-refractivity contribution in [3.05, 3.63) is 100 Å². The Morgan fingerprint density at radius 1 is 0.943 bits per heavy atom. The van der Waals surface area contributed by atoms with Gasteiger partial charge in [0.05, 0.1) is 18.2 Å². The zero-order chi connectivity index (χ0) is 24.5. The predicted molar refractivity (Wildman–Crippen MR) is 134 cm³/mol. The molecule has 0 saturated heterocycles. The first kappa shape index (κ1) is 23.1. The molecular formula is C24H22N8O3. The SMILES string of the molecule is COc1cccc(/C=N/Nc2nc(NCc3ccccc3)nc(Nc3ccc([N+](=O)[O-])cc3)n2)c1. The first-order valence-corrected chi connectivity index (χ1v) is 10.6. The first-order chi connectivity index (χ1) is 17.1. The molecule has 0 unspecified atom stereocenters. The van der Waals surface area contributed by atoms with Crippen LogP contribution in [0.3, 0.4) is 0 Å². The molecule has 11 heteroatoms. The molecule has 1 aromatic heterocycles. The minimum atomic E-state index is -0.458. The van der Waals surface area contributed by atoms with Gasteiger partial charge in [0, 0.05) is 24.4 Å². The number of nitrogens with one attached hydrogen (secondary N) is 3. The molecule has 0 fully saturated rings. The molecule has 0 aliphatic rings. The second kappa shape index (κ2) is 11.2. The van der Waals surface area contributed by atoms with Crippen LogP contribution < -0.4 is 20.8 Å². The van der Waals surface area contributed by atoms with Gasteiger partial charge in [-0.1, -0.05) is 42.5 Å². The van der Waals surface area contributed by atoms with Crippen molar-refractivity contribution in [2.45, 2.75) is 6.54 Å². The Labute approximate surface area is 201 Å². The van der Waals surface area contributed by atoms with Crippen LogP contribution in [-0.4, -0.2) is 33.2 Å². The van der Waals surface area contributed by atoms with E-state index in [1.807, 2.05) is 54.6 Å². The fourth-order valence-electron chi connectivity index (χ4n) is 3.02. The van der Waals surface area contributed by atoms with Gasteiger partial charge in [-0.3, -0.25) is 10.1 Å². The van der Waals surface area contributed by atoms with Crippen LogP contribution in [0.2, 0.25) is 0 Å². The number of rotatable bonds is 10. The van der Waals surface area contributed by atoms with Crippen molar-refractivity contribution in [1.82, 2.24) is 15.0 Å². The number of nitrogens with zero attached hydrogens (tertiary/aromatic N) is 5. The van der Waals surface area contributed by atoms with E-state index in [2.05, 4.69) is 36.1 Å². The third-order valence-corrected chi connectivity index (χ3v) is 4.74. The van der Waals surface area contributed by atoms with Crippen molar-refractivity contribution in [1.29, 1.82) is 0 Å². The van der Waals surface area contributed by atoms with E-state index in [0.29, 0.717) is 18.2 Å². The molecule has 35 heavy (non-hydrogen) atoms. The summed E-state index contributed by atoms with van der Waals surface area (Å²) in [6, 6.07) is 23.2. The highest BCUT2D eigenvalue weighted by molar-refractivity contribution is 5.80. The molecule has 1 heterocycles. The van der Waals surface area contributed by atoms with Gasteiger partial charge in [-0.25, -0.2) is 5.43 Å². The van der Waals surface area contributed by atoms with Crippen molar-refractivity contribution in [3.63, 3.8) is 0 Å². The number of non-ortho nitro benzene ring substituents is 1. The molecule has 3 N–H and O–H groups in total. The number of hydrazone groups is 1. The summed E-state index contributed by atoms with van der Waals surface area (Å²) in [4.78, 5) is 23.6. The molecule has 0 amide bonds. The van der Waals surface area contributed by atoms with Crippen LogP contribution in [-0.2, 0) is 6.54 Å². The summed E-state index contributed by atoms with van der Waals surface area (Å²) < 4.78 is 5.22. The molecule has 0 radical (unpaired) electrons. The summed E-state index contributed by atoms with van der Waals surface area (Å²) in [5, 5.41) is 21.3. The molecular weight excluding hydrogens is 448 g/mol. The fourth-order valence-corrected chi connectivity index (χ4v) is 3.02. The molecule has 0 atom stereocenters. The van der Waals surface area contributed by atoms with E-state index in [1.54, 1.807) is 25.5 Å². The number of nitro benzene ring substituents is 1. The van der Waals surface area contributed by atoms with Crippen LogP contribution in [0.15, 0.2) is 84.0 Å². The van der Waals surface area contributed by atoms with E-state index >= 15 is 0 Å². The molecule has 0 saturated carbocycles. The molecule has 3 aromatic carbocycles. The van der Waals surface area contributed by atoms with E-state index in [0.717, 1.165) is 16.9 Å². The maximum Gasteiger partial charge on any atom is 0.269 e. The summed E-state index contributed by atoms with van der Waals surface area (Å²) in [6.45, 7) is 0.508. The summed E-state index contributed by atoms with van der Waals surface area (Å²) in [5.74, 6) is 1.49. The molecule has 176 valence electrons. The third-order valence-electron chi connectivity index (χ3n) is 4.74. The molecule has 11 nitrogen and oxygen atoms in total. The van der Waals surface area contributed by atoms with Crippen LogP contribution in [0.1, 0.15) is 11.1 Å². The van der Waals surface area contributed by atoms with E-state index in [-0.39, 0.29) is 17.6 Å². The Bertz CT molecular complexity index is 1310. The number of hydrogen-bond acceptors (Lipinski definition) is 10. The Kier molecular flexibility index (Phi) is 7.39. The van der Waals surface area contributed by atoms with Crippen LogP contribution in [0.4, 0.5) is 29.2 Å². The average Bonchev–Trinajstić information content (AvgIpc) is 2.88. The smallest absolute Gasteiger partial charge is 0.269 e. The van der Waals surface area contributed by atoms with Crippen LogP contribution >= 0.6 is 0 Å². The van der Waals surface area contributed by atoms with Crippen molar-refractivity contribution in [2.75, 3.05) is 23.2 Å². The first-order valence-electron chi connectivity index (χ1n) is 10.6. The highest BCUT2D eigenvalue weighted by Crippen LogP contribution is 2.20. The lowest BCUT2D eigenvalue weighted by Crippen LogP contribution is -2.09. The van der Waals surface area contributed by atoms with Gasteiger partial charge in [0.25, 0.3) is 5.69 Å². The van der Waals surface area contributed by atoms with Crippen molar-refractivity contribution < 1.29 is 9.66 Å². The third kappa shape index (κ3) is 6.71. The number of ether oxygens (including phenoxy) is 1. The fraction of sp³-hybridized carbons (Fsp3) is 0.0833. The minimum absolute atomic E-state index is 0.00866.